The van der Waals surface area contributed by atoms with Crippen LogP contribution in [0.25, 0.3) is 0 Å². The zero-order valence-electron chi connectivity index (χ0n) is 7.74. The number of rotatable bonds is 6. The minimum absolute atomic E-state index is 0.292. The van der Waals surface area contributed by atoms with Crippen LogP contribution < -0.4 is 0 Å². The smallest absolute Gasteiger partial charge is 0.0723 e. The van der Waals surface area contributed by atoms with Crippen LogP contribution >= 0.6 is 0 Å². The molecule has 0 aromatic heterocycles. The Balaban J connectivity index is 3.52. The Morgan fingerprint density at radius 1 is 1.33 bits per heavy atom. The van der Waals surface area contributed by atoms with Gasteiger partial charge in [0.1, 0.15) is 0 Å². The Kier molecular flexibility index (Phi) is 7.71. The minimum Gasteiger partial charge on any atom is -0.389 e. The molecule has 0 heterocycles. The van der Waals surface area contributed by atoms with E-state index in [0.29, 0.717) is 0 Å². The zero-order valence-corrected chi connectivity index (χ0v) is 7.74. The van der Waals surface area contributed by atoms with Gasteiger partial charge in [0, 0.05) is 0 Å². The lowest BCUT2D eigenvalue weighted by molar-refractivity contribution is 0.209. The van der Waals surface area contributed by atoms with Gasteiger partial charge in [-0.25, -0.2) is 0 Å². The van der Waals surface area contributed by atoms with Crippen LogP contribution in [-0.2, 0) is 0 Å². The van der Waals surface area contributed by atoms with Crippen molar-refractivity contribution in [3.63, 3.8) is 0 Å². The molecule has 0 fully saturated rings. The first-order valence-corrected chi connectivity index (χ1v) is 4.45. The van der Waals surface area contributed by atoms with Crippen LogP contribution in [-0.4, -0.2) is 11.2 Å². The molecule has 0 rings (SSSR count). The van der Waals surface area contributed by atoms with Crippen molar-refractivity contribution in [2.45, 2.75) is 32.3 Å². The van der Waals surface area contributed by atoms with E-state index in [1.54, 1.807) is 12.2 Å². The van der Waals surface area contributed by atoms with Crippen LogP contribution in [0, 0.1) is 0 Å². The molecule has 0 aromatic carbocycles. The van der Waals surface area contributed by atoms with Crippen LogP contribution in [0.4, 0.5) is 0 Å². The summed E-state index contributed by atoms with van der Waals surface area (Å²) in [4.78, 5) is 0. The predicted octanol–water partition coefficient (Wildman–Crippen LogP) is 2.84. The number of aliphatic hydroxyl groups is 1. The van der Waals surface area contributed by atoms with Crippen molar-refractivity contribution < 1.29 is 5.11 Å². The fourth-order valence-corrected chi connectivity index (χ4v) is 0.845. The highest BCUT2D eigenvalue weighted by Gasteiger charge is 1.94. The van der Waals surface area contributed by atoms with Crippen LogP contribution in [0.15, 0.2) is 37.0 Å². The summed E-state index contributed by atoms with van der Waals surface area (Å²) in [5.74, 6) is 0. The van der Waals surface area contributed by atoms with Crippen LogP contribution in [0.2, 0.25) is 0 Å². The van der Waals surface area contributed by atoms with Gasteiger partial charge in [-0.3, -0.25) is 0 Å². The minimum atomic E-state index is -0.292. The standard InChI is InChI=1S/C11H18O/c1-3-5-7-8-10-11(12)9-6-4-2/h3,5,7-8,10-12H,1,4,6,9H2,2H3/b7-5+,10-8-. The van der Waals surface area contributed by atoms with Gasteiger partial charge in [-0.1, -0.05) is 56.7 Å². The van der Waals surface area contributed by atoms with E-state index in [0.717, 1.165) is 19.3 Å². The SMILES string of the molecule is C=C/C=C/C=C\C(O)CCCC. The van der Waals surface area contributed by atoms with E-state index in [9.17, 15) is 5.11 Å². The van der Waals surface area contributed by atoms with Crippen molar-refractivity contribution in [3.8, 4) is 0 Å². The lowest BCUT2D eigenvalue weighted by atomic mass is 10.1. The molecule has 0 saturated heterocycles. The number of aliphatic hydroxyl groups excluding tert-OH is 1. The Labute approximate surface area is 75.1 Å². The monoisotopic (exact) mass is 166 g/mol. The molecule has 0 aliphatic heterocycles. The summed E-state index contributed by atoms with van der Waals surface area (Å²) in [5, 5.41) is 9.33. The van der Waals surface area contributed by atoms with E-state index in [4.69, 9.17) is 0 Å². The predicted molar refractivity (Wildman–Crippen MR) is 54.0 cm³/mol. The van der Waals surface area contributed by atoms with E-state index >= 15 is 0 Å². The molecule has 0 amide bonds. The number of hydrogen-bond donors (Lipinski definition) is 1. The number of hydrogen-bond acceptors (Lipinski definition) is 1. The van der Waals surface area contributed by atoms with Gasteiger partial charge in [0.2, 0.25) is 0 Å². The van der Waals surface area contributed by atoms with Gasteiger partial charge in [-0.05, 0) is 6.42 Å². The molecule has 0 spiro atoms. The average Bonchev–Trinajstić information content (AvgIpc) is 2.09. The van der Waals surface area contributed by atoms with Crippen molar-refractivity contribution in [2.75, 3.05) is 0 Å². The molecule has 68 valence electrons. The molecule has 1 heteroatoms. The topological polar surface area (TPSA) is 20.2 Å². The number of allylic oxidation sites excluding steroid dienone is 4. The Hall–Kier alpha value is -0.820. The Morgan fingerprint density at radius 2 is 2.08 bits per heavy atom. The van der Waals surface area contributed by atoms with Gasteiger partial charge in [0.15, 0.2) is 0 Å². The molecule has 12 heavy (non-hydrogen) atoms. The first-order chi connectivity index (χ1) is 5.81. The van der Waals surface area contributed by atoms with Crippen molar-refractivity contribution >= 4 is 0 Å². The third-order valence-electron chi connectivity index (χ3n) is 1.55. The van der Waals surface area contributed by atoms with Gasteiger partial charge in [-0.15, -0.1) is 0 Å². The highest BCUT2D eigenvalue weighted by atomic mass is 16.3. The molecule has 1 nitrogen and oxygen atoms in total. The van der Waals surface area contributed by atoms with E-state index in [1.165, 1.54) is 0 Å². The first kappa shape index (κ1) is 11.2. The lowest BCUT2D eigenvalue weighted by Gasteiger charge is -2.01. The van der Waals surface area contributed by atoms with Gasteiger partial charge < -0.3 is 5.11 Å². The van der Waals surface area contributed by atoms with E-state index < -0.39 is 0 Å². The highest BCUT2D eigenvalue weighted by Crippen LogP contribution is 2.01. The summed E-state index contributed by atoms with van der Waals surface area (Å²) in [5.41, 5.74) is 0. The normalized spacial score (nSPS) is 14.2. The van der Waals surface area contributed by atoms with Crippen LogP contribution in [0.3, 0.4) is 0 Å². The lowest BCUT2D eigenvalue weighted by Crippen LogP contribution is -2.00. The first-order valence-electron chi connectivity index (χ1n) is 4.45. The van der Waals surface area contributed by atoms with Crippen LogP contribution in [0.1, 0.15) is 26.2 Å². The summed E-state index contributed by atoms with van der Waals surface area (Å²) in [7, 11) is 0. The molecular weight excluding hydrogens is 148 g/mol. The quantitative estimate of drug-likeness (QED) is 0.601. The van der Waals surface area contributed by atoms with Crippen molar-refractivity contribution in [1.82, 2.24) is 0 Å². The number of unbranched alkanes of at least 4 members (excludes halogenated alkanes) is 1. The average molecular weight is 166 g/mol. The molecule has 1 unspecified atom stereocenters. The van der Waals surface area contributed by atoms with E-state index in [1.807, 2.05) is 18.2 Å². The molecule has 0 aromatic rings. The second kappa shape index (κ2) is 8.28. The molecule has 0 aliphatic rings. The fourth-order valence-electron chi connectivity index (χ4n) is 0.845. The molecule has 0 radical (unpaired) electrons. The summed E-state index contributed by atoms with van der Waals surface area (Å²) in [6.45, 7) is 5.66. The van der Waals surface area contributed by atoms with E-state index in [2.05, 4.69) is 13.5 Å². The Bertz CT molecular complexity index is 156. The van der Waals surface area contributed by atoms with Crippen molar-refractivity contribution in [1.29, 1.82) is 0 Å². The summed E-state index contributed by atoms with van der Waals surface area (Å²) < 4.78 is 0. The van der Waals surface area contributed by atoms with Gasteiger partial charge >= 0.3 is 0 Å². The van der Waals surface area contributed by atoms with Gasteiger partial charge in [0.05, 0.1) is 6.10 Å². The zero-order chi connectivity index (χ0) is 9.23. The second-order valence-electron chi connectivity index (χ2n) is 2.72. The maximum Gasteiger partial charge on any atom is 0.0723 e. The van der Waals surface area contributed by atoms with Crippen molar-refractivity contribution in [3.05, 3.63) is 37.0 Å². The molecule has 1 N–H and O–H groups in total. The maximum absolute atomic E-state index is 9.33. The fraction of sp³-hybridized carbons (Fsp3) is 0.455. The third-order valence-corrected chi connectivity index (χ3v) is 1.55. The summed E-state index contributed by atoms with van der Waals surface area (Å²) in [6.07, 6.45) is 11.8. The highest BCUT2D eigenvalue weighted by molar-refractivity contribution is 5.10. The second-order valence-corrected chi connectivity index (χ2v) is 2.72. The van der Waals surface area contributed by atoms with Gasteiger partial charge in [0.25, 0.3) is 0 Å². The molecule has 0 saturated carbocycles. The summed E-state index contributed by atoms with van der Waals surface area (Å²) >= 11 is 0. The van der Waals surface area contributed by atoms with E-state index in [-0.39, 0.29) is 6.10 Å². The van der Waals surface area contributed by atoms with Crippen molar-refractivity contribution in [2.24, 2.45) is 0 Å². The Morgan fingerprint density at radius 3 is 2.67 bits per heavy atom. The third kappa shape index (κ3) is 7.29. The molecular formula is C11H18O. The largest absolute Gasteiger partial charge is 0.389 e. The van der Waals surface area contributed by atoms with Crippen LogP contribution in [0.5, 0.6) is 0 Å². The molecule has 1 atom stereocenters. The molecule has 0 bridgehead atoms. The van der Waals surface area contributed by atoms with Gasteiger partial charge in [-0.2, -0.15) is 0 Å². The maximum atomic E-state index is 9.33. The molecule has 0 aliphatic carbocycles. The summed E-state index contributed by atoms with van der Waals surface area (Å²) in [6, 6.07) is 0.